The maximum absolute atomic E-state index is 11.6. The Morgan fingerprint density at radius 2 is 2.25 bits per heavy atom. The highest BCUT2D eigenvalue weighted by atomic mass is 32.2. The molecule has 1 aromatic heterocycles. The molecule has 0 saturated heterocycles. The van der Waals surface area contributed by atoms with Gasteiger partial charge in [-0.3, -0.25) is 9.52 Å². The molecule has 1 aromatic rings. The predicted octanol–water partition coefficient (Wildman–Crippen LogP) is -0.814. The summed E-state index contributed by atoms with van der Waals surface area (Å²) in [6.07, 6.45) is 0. The Balaban J connectivity index is 2.93. The molecule has 4 N–H and O–H groups in total. The summed E-state index contributed by atoms with van der Waals surface area (Å²) in [5.74, 6) is 0.00250. The minimum absolute atomic E-state index is 0.00250. The van der Waals surface area contributed by atoms with E-state index in [9.17, 15) is 13.2 Å². The van der Waals surface area contributed by atoms with Crippen LogP contribution in [0.1, 0.15) is 6.92 Å². The zero-order valence-electron chi connectivity index (χ0n) is 8.30. The number of aromatic nitrogens is 2. The topological polar surface area (TPSA) is 118 Å². The van der Waals surface area contributed by atoms with E-state index in [0.29, 0.717) is 0 Å². The normalized spacial score (nSPS) is 13.1. The molecule has 1 heterocycles. The van der Waals surface area contributed by atoms with Crippen molar-refractivity contribution < 1.29 is 8.42 Å². The maximum Gasteiger partial charge on any atom is 0.264 e. The Kier molecular flexibility index (Phi) is 3.60. The predicted molar refractivity (Wildman–Crippen MR) is 63.6 cm³/mol. The second-order valence-corrected chi connectivity index (χ2v) is 5.47. The number of anilines is 1. The van der Waals surface area contributed by atoms with Crippen molar-refractivity contribution in [3.63, 3.8) is 0 Å². The van der Waals surface area contributed by atoms with Gasteiger partial charge in [-0.05, 0) is 13.0 Å². The van der Waals surface area contributed by atoms with Gasteiger partial charge in [0.15, 0.2) is 5.82 Å². The highest BCUT2D eigenvalue weighted by molar-refractivity contribution is 7.95. The second kappa shape index (κ2) is 4.58. The van der Waals surface area contributed by atoms with E-state index in [1.165, 1.54) is 13.0 Å². The summed E-state index contributed by atoms with van der Waals surface area (Å²) in [6.45, 7) is 1.36. The largest absolute Gasteiger partial charge is 0.392 e. The summed E-state index contributed by atoms with van der Waals surface area (Å²) in [5, 5.41) is 4.57. The zero-order valence-corrected chi connectivity index (χ0v) is 9.93. The molecule has 0 fully saturated rings. The molecule has 0 bridgehead atoms. The molecule has 9 heteroatoms. The first kappa shape index (κ1) is 12.6. The molecule has 0 amide bonds. The number of aromatic amines is 1. The van der Waals surface area contributed by atoms with Gasteiger partial charge in [0.25, 0.3) is 5.56 Å². The number of sulfonamides is 1. The summed E-state index contributed by atoms with van der Waals surface area (Å²) < 4.78 is 25.4. The van der Waals surface area contributed by atoms with Crippen molar-refractivity contribution in [3.05, 3.63) is 22.5 Å². The third-order valence-electron chi connectivity index (χ3n) is 1.79. The highest BCUT2D eigenvalue weighted by Crippen LogP contribution is 2.06. The third-order valence-corrected chi connectivity index (χ3v) is 3.97. The van der Waals surface area contributed by atoms with Gasteiger partial charge < -0.3 is 5.73 Å². The van der Waals surface area contributed by atoms with Gasteiger partial charge in [-0.25, -0.2) is 13.5 Å². The smallest absolute Gasteiger partial charge is 0.264 e. The Bertz CT molecular complexity index is 531. The summed E-state index contributed by atoms with van der Waals surface area (Å²) >= 11 is 4.58. The minimum Gasteiger partial charge on any atom is -0.392 e. The van der Waals surface area contributed by atoms with E-state index in [2.05, 4.69) is 27.1 Å². The van der Waals surface area contributed by atoms with Gasteiger partial charge in [0.2, 0.25) is 10.0 Å². The summed E-state index contributed by atoms with van der Waals surface area (Å²) in [5.41, 5.74) is 4.81. The first-order valence-electron chi connectivity index (χ1n) is 4.19. The molecule has 0 aliphatic heterocycles. The van der Waals surface area contributed by atoms with Crippen LogP contribution in [0.3, 0.4) is 0 Å². The molecule has 1 unspecified atom stereocenters. The second-order valence-electron chi connectivity index (χ2n) is 3.00. The lowest BCUT2D eigenvalue weighted by Crippen LogP contribution is -2.36. The van der Waals surface area contributed by atoms with Gasteiger partial charge in [0.1, 0.15) is 5.25 Å². The van der Waals surface area contributed by atoms with E-state index >= 15 is 0 Å². The standard InChI is InChI=1S/C7H10N4O3S2/c1-4(7(8)15)16(13,14)11-5-2-3-6(12)10-9-5/h2-4H,1H3,(H2,8,15)(H,9,11)(H,10,12). The third kappa shape index (κ3) is 3.00. The van der Waals surface area contributed by atoms with E-state index in [1.54, 1.807) is 0 Å². The molecule has 0 aliphatic carbocycles. The lowest BCUT2D eigenvalue weighted by Gasteiger charge is -2.12. The fourth-order valence-electron chi connectivity index (χ4n) is 0.788. The molecule has 1 atom stereocenters. The van der Waals surface area contributed by atoms with Gasteiger partial charge in [-0.2, -0.15) is 5.10 Å². The Morgan fingerprint density at radius 3 is 2.69 bits per heavy atom. The summed E-state index contributed by atoms with van der Waals surface area (Å²) in [6, 6.07) is 2.39. The van der Waals surface area contributed by atoms with Crippen LogP contribution >= 0.6 is 12.2 Å². The number of hydrogen-bond donors (Lipinski definition) is 3. The van der Waals surface area contributed by atoms with Crippen molar-refractivity contribution in [2.75, 3.05) is 4.72 Å². The highest BCUT2D eigenvalue weighted by Gasteiger charge is 2.23. The van der Waals surface area contributed by atoms with Crippen LogP contribution in [0.25, 0.3) is 0 Å². The summed E-state index contributed by atoms with van der Waals surface area (Å²) in [4.78, 5) is 10.6. The lowest BCUT2D eigenvalue weighted by molar-refractivity contribution is 0.598. The Morgan fingerprint density at radius 1 is 1.62 bits per heavy atom. The minimum atomic E-state index is -3.73. The molecule has 0 spiro atoms. The monoisotopic (exact) mass is 262 g/mol. The van der Waals surface area contributed by atoms with E-state index in [1.807, 2.05) is 0 Å². The fourth-order valence-corrected chi connectivity index (χ4v) is 2.06. The van der Waals surface area contributed by atoms with Crippen molar-refractivity contribution in [2.45, 2.75) is 12.2 Å². The molecule has 0 aliphatic rings. The number of hydrogen-bond acceptors (Lipinski definition) is 5. The van der Waals surface area contributed by atoms with Crippen LogP contribution in [0.4, 0.5) is 5.82 Å². The molecule has 1 rings (SSSR count). The number of nitrogens with zero attached hydrogens (tertiary/aromatic N) is 1. The van der Waals surface area contributed by atoms with Gasteiger partial charge in [0.05, 0.1) is 4.99 Å². The molecule has 16 heavy (non-hydrogen) atoms. The lowest BCUT2D eigenvalue weighted by atomic mass is 10.5. The van der Waals surface area contributed by atoms with E-state index in [0.717, 1.165) is 6.07 Å². The van der Waals surface area contributed by atoms with Crippen LogP contribution < -0.4 is 16.0 Å². The number of rotatable bonds is 4. The van der Waals surface area contributed by atoms with Crippen LogP contribution in [-0.4, -0.2) is 28.9 Å². The van der Waals surface area contributed by atoms with Crippen molar-refractivity contribution >= 4 is 33.0 Å². The van der Waals surface area contributed by atoms with Crippen LogP contribution in [0.5, 0.6) is 0 Å². The van der Waals surface area contributed by atoms with Gasteiger partial charge in [0, 0.05) is 6.07 Å². The SMILES string of the molecule is CC(C(N)=S)S(=O)(=O)Nc1ccc(=O)[nH]n1. The maximum atomic E-state index is 11.6. The van der Waals surface area contributed by atoms with E-state index in [4.69, 9.17) is 5.73 Å². The van der Waals surface area contributed by atoms with E-state index in [-0.39, 0.29) is 10.8 Å². The quantitative estimate of drug-likeness (QED) is 0.610. The van der Waals surface area contributed by atoms with Crippen molar-refractivity contribution in [2.24, 2.45) is 5.73 Å². The van der Waals surface area contributed by atoms with Crippen molar-refractivity contribution in [1.82, 2.24) is 10.2 Å². The first-order valence-corrected chi connectivity index (χ1v) is 6.15. The Labute approximate surface area is 97.1 Å². The molecular formula is C7H10N4O3S2. The fraction of sp³-hybridized carbons (Fsp3) is 0.286. The number of nitrogens with two attached hydrogens (primary N) is 1. The molecule has 0 radical (unpaired) electrons. The number of H-pyrrole nitrogens is 1. The molecule has 7 nitrogen and oxygen atoms in total. The van der Waals surface area contributed by atoms with Crippen LogP contribution in [0, 0.1) is 0 Å². The molecule has 0 aromatic carbocycles. The first-order chi connectivity index (χ1) is 7.33. The van der Waals surface area contributed by atoms with E-state index < -0.39 is 20.8 Å². The number of thiocarbonyl (C=S) groups is 1. The average molecular weight is 262 g/mol. The van der Waals surface area contributed by atoms with Crippen molar-refractivity contribution in [1.29, 1.82) is 0 Å². The Hall–Kier alpha value is -1.48. The van der Waals surface area contributed by atoms with Gasteiger partial charge in [-0.1, -0.05) is 12.2 Å². The van der Waals surface area contributed by atoms with Gasteiger partial charge in [-0.15, -0.1) is 0 Å². The van der Waals surface area contributed by atoms with Crippen LogP contribution in [0.15, 0.2) is 16.9 Å². The van der Waals surface area contributed by atoms with Gasteiger partial charge >= 0.3 is 0 Å². The average Bonchev–Trinajstić information content (AvgIpc) is 2.20. The van der Waals surface area contributed by atoms with Crippen molar-refractivity contribution in [3.8, 4) is 0 Å². The molecule has 0 saturated carbocycles. The van der Waals surface area contributed by atoms with Crippen LogP contribution in [0.2, 0.25) is 0 Å². The summed E-state index contributed by atoms with van der Waals surface area (Å²) in [7, 11) is -3.73. The van der Waals surface area contributed by atoms with Crippen LogP contribution in [-0.2, 0) is 10.0 Å². The molecular weight excluding hydrogens is 252 g/mol. The zero-order chi connectivity index (χ0) is 12.3. The number of nitrogens with one attached hydrogen (secondary N) is 2. The molecule has 88 valence electrons.